The number of ether oxygens (including phenoxy) is 2. The molecule has 3 aliphatic rings. The zero-order valence-corrected chi connectivity index (χ0v) is 19.7. The molecule has 8 heteroatoms. The molecule has 0 spiro atoms. The van der Waals surface area contributed by atoms with E-state index in [4.69, 9.17) is 14.5 Å². The Hall–Kier alpha value is -3.13. The molecule has 2 amide bonds. The van der Waals surface area contributed by atoms with Gasteiger partial charge in [-0.1, -0.05) is 0 Å². The highest BCUT2D eigenvalue weighted by Gasteiger charge is 2.29. The third kappa shape index (κ3) is 4.87. The molecule has 34 heavy (non-hydrogen) atoms. The summed E-state index contributed by atoms with van der Waals surface area (Å²) in [7, 11) is 0. The highest BCUT2D eigenvalue weighted by atomic mass is 16.7. The number of piperidine rings is 1. The second-order valence-electron chi connectivity index (χ2n) is 9.32. The fourth-order valence-corrected chi connectivity index (χ4v) is 5.08. The summed E-state index contributed by atoms with van der Waals surface area (Å²) in [5, 5.41) is 3.09. The van der Waals surface area contributed by atoms with Crippen molar-refractivity contribution in [2.45, 2.75) is 38.5 Å². The van der Waals surface area contributed by atoms with Crippen molar-refractivity contribution in [1.29, 1.82) is 0 Å². The molecule has 0 saturated carbocycles. The van der Waals surface area contributed by atoms with E-state index in [1.54, 1.807) is 18.2 Å². The van der Waals surface area contributed by atoms with Crippen LogP contribution in [0, 0.1) is 6.92 Å². The van der Waals surface area contributed by atoms with Gasteiger partial charge in [0.2, 0.25) is 6.79 Å². The lowest BCUT2D eigenvalue weighted by atomic mass is 9.89. The van der Waals surface area contributed by atoms with Crippen molar-refractivity contribution >= 4 is 11.8 Å². The van der Waals surface area contributed by atoms with Crippen molar-refractivity contribution in [2.75, 3.05) is 46.1 Å². The van der Waals surface area contributed by atoms with Crippen LogP contribution >= 0.6 is 0 Å². The second-order valence-corrected chi connectivity index (χ2v) is 9.32. The van der Waals surface area contributed by atoms with Gasteiger partial charge in [0.1, 0.15) is 0 Å². The summed E-state index contributed by atoms with van der Waals surface area (Å²) >= 11 is 0. The molecule has 2 fully saturated rings. The van der Waals surface area contributed by atoms with Crippen molar-refractivity contribution in [3.05, 3.63) is 52.8 Å². The normalized spacial score (nSPS) is 18.3. The van der Waals surface area contributed by atoms with Crippen LogP contribution in [-0.4, -0.2) is 72.7 Å². The number of aromatic nitrogens is 1. The molecule has 0 bridgehead atoms. The molecule has 1 N–H and O–H groups in total. The highest BCUT2D eigenvalue weighted by molar-refractivity contribution is 5.96. The van der Waals surface area contributed by atoms with Gasteiger partial charge in [0.25, 0.3) is 11.8 Å². The molecule has 8 nitrogen and oxygen atoms in total. The van der Waals surface area contributed by atoms with Gasteiger partial charge in [-0.2, -0.15) is 0 Å². The maximum atomic E-state index is 13.0. The van der Waals surface area contributed by atoms with Gasteiger partial charge in [-0.25, -0.2) is 0 Å². The number of benzene rings is 1. The van der Waals surface area contributed by atoms with Crippen LogP contribution in [0.3, 0.4) is 0 Å². The van der Waals surface area contributed by atoms with E-state index >= 15 is 0 Å². The molecular formula is C26H32N4O4. The minimum Gasteiger partial charge on any atom is -0.454 e. The Bertz CT molecular complexity index is 1060. The van der Waals surface area contributed by atoms with Gasteiger partial charge in [0, 0.05) is 43.4 Å². The molecule has 3 aliphatic heterocycles. The average molecular weight is 465 g/mol. The van der Waals surface area contributed by atoms with Crippen molar-refractivity contribution in [1.82, 2.24) is 20.1 Å². The molecule has 0 radical (unpaired) electrons. The summed E-state index contributed by atoms with van der Waals surface area (Å²) in [6.07, 6.45) is 4.05. The van der Waals surface area contributed by atoms with Crippen molar-refractivity contribution in [2.24, 2.45) is 0 Å². The van der Waals surface area contributed by atoms with E-state index in [1.807, 2.05) is 24.0 Å². The standard InChI is InChI=1S/C26H32N4O4/c1-18-4-6-21(25(31)27-10-15-29-11-2-3-12-29)24(28-18)19-8-13-30(14-9-19)26(32)20-5-7-22-23(16-20)34-17-33-22/h4-7,16,19H,2-3,8-15,17H2,1H3,(H,27,31). The quantitative estimate of drug-likeness (QED) is 0.708. The van der Waals surface area contributed by atoms with E-state index in [2.05, 4.69) is 10.2 Å². The van der Waals surface area contributed by atoms with E-state index in [0.29, 0.717) is 42.3 Å². The first-order valence-electron chi connectivity index (χ1n) is 12.3. The fraction of sp³-hybridized carbons (Fsp3) is 0.500. The Labute approximate surface area is 200 Å². The van der Waals surface area contributed by atoms with E-state index < -0.39 is 0 Å². The van der Waals surface area contributed by atoms with Gasteiger partial charge in [-0.15, -0.1) is 0 Å². The number of aryl methyl sites for hydroxylation is 1. The van der Waals surface area contributed by atoms with Crippen LogP contribution in [-0.2, 0) is 0 Å². The topological polar surface area (TPSA) is 84.0 Å². The number of pyridine rings is 1. The Morgan fingerprint density at radius 1 is 1.03 bits per heavy atom. The number of nitrogens with zero attached hydrogens (tertiary/aromatic N) is 3. The van der Waals surface area contributed by atoms with Crippen LogP contribution in [0.2, 0.25) is 0 Å². The van der Waals surface area contributed by atoms with Crippen LogP contribution in [0.1, 0.15) is 63.7 Å². The Balaban J connectivity index is 1.21. The number of carbonyl (C=O) groups is 2. The molecule has 5 rings (SSSR count). The third-order valence-corrected chi connectivity index (χ3v) is 7.01. The van der Waals surface area contributed by atoms with Crippen LogP contribution < -0.4 is 14.8 Å². The number of fused-ring (bicyclic) bond motifs is 1. The highest BCUT2D eigenvalue weighted by Crippen LogP contribution is 2.34. The van der Waals surface area contributed by atoms with Gasteiger partial charge < -0.3 is 24.6 Å². The average Bonchev–Trinajstić information content (AvgIpc) is 3.55. The van der Waals surface area contributed by atoms with Gasteiger partial charge in [0.05, 0.1) is 11.3 Å². The van der Waals surface area contributed by atoms with E-state index in [9.17, 15) is 9.59 Å². The largest absolute Gasteiger partial charge is 0.454 e. The van der Waals surface area contributed by atoms with Gasteiger partial charge in [0.15, 0.2) is 11.5 Å². The first-order chi connectivity index (χ1) is 16.6. The third-order valence-electron chi connectivity index (χ3n) is 7.01. The SMILES string of the molecule is Cc1ccc(C(=O)NCCN2CCCC2)c(C2CCN(C(=O)c3ccc4c(c3)OCO4)CC2)n1. The first-order valence-corrected chi connectivity index (χ1v) is 12.3. The van der Waals surface area contributed by atoms with Crippen LogP contribution in [0.15, 0.2) is 30.3 Å². The molecule has 0 unspecified atom stereocenters. The molecular weight excluding hydrogens is 432 g/mol. The number of hydrogen-bond donors (Lipinski definition) is 1. The molecule has 2 saturated heterocycles. The van der Waals surface area contributed by atoms with Crippen molar-refractivity contribution in [3.8, 4) is 11.5 Å². The van der Waals surface area contributed by atoms with E-state index in [0.717, 1.165) is 43.9 Å². The van der Waals surface area contributed by atoms with E-state index in [-0.39, 0.29) is 24.5 Å². The summed E-state index contributed by atoms with van der Waals surface area (Å²) in [5.74, 6) is 1.38. The zero-order chi connectivity index (χ0) is 23.5. The maximum Gasteiger partial charge on any atom is 0.253 e. The molecule has 0 aliphatic carbocycles. The number of carbonyl (C=O) groups excluding carboxylic acids is 2. The van der Waals surface area contributed by atoms with Crippen LogP contribution in [0.5, 0.6) is 11.5 Å². The fourth-order valence-electron chi connectivity index (χ4n) is 5.08. The Morgan fingerprint density at radius 2 is 1.79 bits per heavy atom. The minimum atomic E-state index is -0.0550. The molecule has 1 aromatic carbocycles. The zero-order valence-electron chi connectivity index (χ0n) is 19.7. The molecule has 1 aromatic heterocycles. The van der Waals surface area contributed by atoms with Gasteiger partial charge in [-0.05, 0) is 76.0 Å². The Kier molecular flexibility index (Phi) is 6.67. The Morgan fingerprint density at radius 3 is 2.59 bits per heavy atom. The number of rotatable bonds is 6. The van der Waals surface area contributed by atoms with Crippen molar-refractivity contribution in [3.63, 3.8) is 0 Å². The van der Waals surface area contributed by atoms with Crippen molar-refractivity contribution < 1.29 is 19.1 Å². The summed E-state index contributed by atoms with van der Waals surface area (Å²) in [5.41, 5.74) is 3.03. The predicted molar refractivity (Wildman–Crippen MR) is 127 cm³/mol. The lowest BCUT2D eigenvalue weighted by molar-refractivity contribution is 0.0710. The van der Waals surface area contributed by atoms with Crippen LogP contribution in [0.4, 0.5) is 0 Å². The predicted octanol–water partition coefficient (Wildman–Crippen LogP) is 2.96. The number of amides is 2. The summed E-state index contributed by atoms with van der Waals surface area (Å²) < 4.78 is 10.8. The first kappa shape index (κ1) is 22.7. The monoisotopic (exact) mass is 464 g/mol. The van der Waals surface area contributed by atoms with Gasteiger partial charge >= 0.3 is 0 Å². The minimum absolute atomic E-state index is 0.00571. The number of likely N-dealkylation sites (tertiary alicyclic amines) is 2. The summed E-state index contributed by atoms with van der Waals surface area (Å²) in [4.78, 5) is 35.1. The molecule has 4 heterocycles. The van der Waals surface area contributed by atoms with Gasteiger partial charge in [-0.3, -0.25) is 14.6 Å². The summed E-state index contributed by atoms with van der Waals surface area (Å²) in [6, 6.07) is 9.12. The van der Waals surface area contributed by atoms with E-state index in [1.165, 1.54) is 12.8 Å². The maximum absolute atomic E-state index is 13.0. The number of nitrogens with one attached hydrogen (secondary N) is 1. The summed E-state index contributed by atoms with van der Waals surface area (Å²) in [6.45, 7) is 7.18. The molecule has 2 aromatic rings. The lowest BCUT2D eigenvalue weighted by Crippen LogP contribution is -2.39. The number of hydrogen-bond acceptors (Lipinski definition) is 6. The lowest BCUT2D eigenvalue weighted by Gasteiger charge is -2.32. The molecule has 0 atom stereocenters. The molecule has 180 valence electrons. The second kappa shape index (κ2) is 10.0. The smallest absolute Gasteiger partial charge is 0.253 e. The van der Waals surface area contributed by atoms with Crippen LogP contribution in [0.25, 0.3) is 0 Å².